The fourth-order valence-corrected chi connectivity index (χ4v) is 3.90. The number of thiophene rings is 1. The highest BCUT2D eigenvalue weighted by Crippen LogP contribution is 2.30. The predicted octanol–water partition coefficient (Wildman–Crippen LogP) is 2.71. The average molecular weight is 297 g/mol. The van der Waals surface area contributed by atoms with Crippen LogP contribution in [0.15, 0.2) is 54.0 Å². The number of methoxy groups -OCH3 is 1. The van der Waals surface area contributed by atoms with Crippen LogP contribution in [0, 0.1) is 0 Å². The number of rotatable bonds is 2. The number of hydrogen-bond donors (Lipinski definition) is 1. The normalized spacial score (nSPS) is 16.9. The van der Waals surface area contributed by atoms with Gasteiger partial charge in [0.25, 0.3) is 0 Å². The number of nitrogens with zero attached hydrogens (tertiary/aromatic N) is 1. The van der Waals surface area contributed by atoms with Crippen LogP contribution in [-0.4, -0.2) is 11.7 Å². The zero-order chi connectivity index (χ0) is 14.2. The van der Waals surface area contributed by atoms with Crippen molar-refractivity contribution in [3.8, 4) is 11.4 Å². The van der Waals surface area contributed by atoms with Gasteiger partial charge in [0, 0.05) is 11.8 Å². The molecule has 21 heavy (non-hydrogen) atoms. The second-order valence-corrected chi connectivity index (χ2v) is 6.23. The fourth-order valence-electron chi connectivity index (χ4n) is 3.06. The summed E-state index contributed by atoms with van der Waals surface area (Å²) in [6, 6.07) is 15.2. The molecule has 0 fully saturated rings. The van der Waals surface area contributed by atoms with Gasteiger partial charge in [-0.15, -0.1) is 11.3 Å². The van der Waals surface area contributed by atoms with E-state index >= 15 is 0 Å². The molecule has 0 radical (unpaired) electrons. The number of fused-ring (bicyclic) bond motifs is 3. The van der Waals surface area contributed by atoms with Crippen LogP contribution in [0.25, 0.3) is 5.69 Å². The van der Waals surface area contributed by atoms with Crippen LogP contribution in [0.2, 0.25) is 0 Å². The molecule has 0 saturated heterocycles. The van der Waals surface area contributed by atoms with Gasteiger partial charge >= 0.3 is 0 Å². The van der Waals surface area contributed by atoms with E-state index in [-0.39, 0.29) is 0 Å². The van der Waals surface area contributed by atoms with Crippen molar-refractivity contribution in [2.45, 2.75) is 12.6 Å². The summed E-state index contributed by atoms with van der Waals surface area (Å²) >= 11 is 1.83. The molecule has 1 aliphatic rings. The quantitative estimate of drug-likeness (QED) is 0.774. The third-order valence-electron chi connectivity index (χ3n) is 4.07. The lowest BCUT2D eigenvalue weighted by Crippen LogP contribution is -2.83. The maximum atomic E-state index is 5.37. The molecule has 3 aromatic rings. The first-order valence-electron chi connectivity index (χ1n) is 7.08. The van der Waals surface area contributed by atoms with Crippen LogP contribution < -0.4 is 10.1 Å². The number of aromatic nitrogens is 1. The molecule has 4 rings (SSSR count). The Hall–Kier alpha value is -2.04. The predicted molar refractivity (Wildman–Crippen MR) is 84.1 cm³/mol. The molecule has 4 heteroatoms. The SMILES string of the molecule is COc1cccc(C2[NH2+]Cc3sccc3-n3cccc32)c1. The molecule has 0 saturated carbocycles. The summed E-state index contributed by atoms with van der Waals surface area (Å²) in [6.45, 7) is 1.01. The highest BCUT2D eigenvalue weighted by Gasteiger charge is 2.26. The van der Waals surface area contributed by atoms with Gasteiger partial charge in [-0.05, 0) is 35.7 Å². The summed E-state index contributed by atoms with van der Waals surface area (Å²) in [5.74, 6) is 0.915. The molecule has 1 unspecified atom stereocenters. The number of benzene rings is 1. The first-order chi connectivity index (χ1) is 10.4. The molecule has 1 aromatic carbocycles. The van der Waals surface area contributed by atoms with Crippen molar-refractivity contribution < 1.29 is 10.1 Å². The van der Waals surface area contributed by atoms with Crippen molar-refractivity contribution in [3.05, 3.63) is 70.2 Å². The largest absolute Gasteiger partial charge is 0.497 e. The minimum atomic E-state index is 0.301. The Labute approximate surface area is 127 Å². The van der Waals surface area contributed by atoms with Gasteiger partial charge < -0.3 is 14.6 Å². The van der Waals surface area contributed by atoms with Gasteiger partial charge in [0.2, 0.25) is 0 Å². The van der Waals surface area contributed by atoms with Crippen molar-refractivity contribution >= 4 is 11.3 Å². The lowest BCUT2D eigenvalue weighted by Gasteiger charge is -2.15. The maximum Gasteiger partial charge on any atom is 0.153 e. The molecule has 0 amide bonds. The average Bonchev–Trinajstić information content (AvgIpc) is 3.15. The second kappa shape index (κ2) is 5.06. The smallest absolute Gasteiger partial charge is 0.153 e. The van der Waals surface area contributed by atoms with Crippen LogP contribution in [0.3, 0.4) is 0 Å². The van der Waals surface area contributed by atoms with Crippen LogP contribution in [0.5, 0.6) is 5.75 Å². The molecule has 1 aliphatic heterocycles. The van der Waals surface area contributed by atoms with Crippen molar-refractivity contribution in [2.75, 3.05) is 7.11 Å². The van der Waals surface area contributed by atoms with Crippen LogP contribution in [0.4, 0.5) is 0 Å². The van der Waals surface area contributed by atoms with Crippen LogP contribution >= 0.6 is 11.3 Å². The first-order valence-corrected chi connectivity index (χ1v) is 7.96. The Balaban J connectivity index is 1.83. The van der Waals surface area contributed by atoms with Gasteiger partial charge in [-0.2, -0.15) is 0 Å². The molecule has 106 valence electrons. The van der Waals surface area contributed by atoms with Gasteiger partial charge in [0.1, 0.15) is 12.3 Å². The van der Waals surface area contributed by atoms with Crippen molar-refractivity contribution in [3.63, 3.8) is 0 Å². The van der Waals surface area contributed by atoms with E-state index in [0.717, 1.165) is 12.3 Å². The third-order valence-corrected chi connectivity index (χ3v) is 5.00. The summed E-state index contributed by atoms with van der Waals surface area (Å²) in [6.07, 6.45) is 2.16. The second-order valence-electron chi connectivity index (χ2n) is 5.23. The molecule has 0 bridgehead atoms. The maximum absolute atomic E-state index is 5.37. The van der Waals surface area contributed by atoms with E-state index in [4.69, 9.17) is 4.74 Å². The van der Waals surface area contributed by atoms with Crippen LogP contribution in [-0.2, 0) is 6.54 Å². The summed E-state index contributed by atoms with van der Waals surface area (Å²) in [4.78, 5) is 1.43. The molecule has 3 nitrogen and oxygen atoms in total. The molecule has 2 aromatic heterocycles. The van der Waals surface area contributed by atoms with Crippen molar-refractivity contribution in [2.24, 2.45) is 0 Å². The Morgan fingerprint density at radius 1 is 1.24 bits per heavy atom. The number of hydrogen-bond acceptors (Lipinski definition) is 2. The highest BCUT2D eigenvalue weighted by molar-refractivity contribution is 7.10. The molecule has 3 heterocycles. The number of nitrogens with two attached hydrogens (primary N) is 1. The fraction of sp³-hybridized carbons (Fsp3) is 0.176. The van der Waals surface area contributed by atoms with E-state index in [1.54, 1.807) is 7.11 Å². The summed E-state index contributed by atoms with van der Waals surface area (Å²) < 4.78 is 7.69. The van der Waals surface area contributed by atoms with Crippen molar-refractivity contribution in [1.82, 2.24) is 4.57 Å². The zero-order valence-corrected chi connectivity index (χ0v) is 12.6. The van der Waals surface area contributed by atoms with Crippen LogP contribution in [0.1, 0.15) is 22.2 Å². The Bertz CT molecular complexity index is 774. The Morgan fingerprint density at radius 3 is 3.10 bits per heavy atom. The Morgan fingerprint density at radius 2 is 2.19 bits per heavy atom. The minimum Gasteiger partial charge on any atom is -0.497 e. The van der Waals surface area contributed by atoms with Gasteiger partial charge in [-0.3, -0.25) is 0 Å². The third kappa shape index (κ3) is 2.07. The summed E-state index contributed by atoms with van der Waals surface area (Å²) in [7, 11) is 1.72. The molecule has 2 N–H and O–H groups in total. The summed E-state index contributed by atoms with van der Waals surface area (Å²) in [5, 5.41) is 4.58. The number of ether oxygens (including phenoxy) is 1. The van der Waals surface area contributed by atoms with E-state index in [9.17, 15) is 0 Å². The lowest BCUT2D eigenvalue weighted by atomic mass is 10.0. The summed E-state index contributed by atoms with van der Waals surface area (Å²) in [5.41, 5.74) is 3.92. The molecular formula is C17H17N2OS+. The van der Waals surface area contributed by atoms with E-state index < -0.39 is 0 Å². The van der Waals surface area contributed by atoms with Crippen molar-refractivity contribution in [1.29, 1.82) is 0 Å². The van der Waals surface area contributed by atoms with Gasteiger partial charge in [0.05, 0.1) is 23.4 Å². The van der Waals surface area contributed by atoms with E-state index in [1.165, 1.54) is 21.8 Å². The number of quaternary nitrogens is 1. The van der Waals surface area contributed by atoms with E-state index in [2.05, 4.69) is 57.9 Å². The first kappa shape index (κ1) is 12.7. The van der Waals surface area contributed by atoms with Gasteiger partial charge in [-0.1, -0.05) is 12.1 Å². The van der Waals surface area contributed by atoms with Gasteiger partial charge in [-0.25, -0.2) is 0 Å². The van der Waals surface area contributed by atoms with E-state index in [0.29, 0.717) is 6.04 Å². The molecule has 0 aliphatic carbocycles. The van der Waals surface area contributed by atoms with Gasteiger partial charge in [0.15, 0.2) is 6.04 Å². The highest BCUT2D eigenvalue weighted by atomic mass is 32.1. The minimum absolute atomic E-state index is 0.301. The Kier molecular flexibility index (Phi) is 3.05. The monoisotopic (exact) mass is 297 g/mol. The molecule has 0 spiro atoms. The lowest BCUT2D eigenvalue weighted by molar-refractivity contribution is -0.701. The topological polar surface area (TPSA) is 30.8 Å². The molecule has 1 atom stereocenters. The zero-order valence-electron chi connectivity index (χ0n) is 11.8. The molecular weight excluding hydrogens is 280 g/mol. The van der Waals surface area contributed by atoms with E-state index in [1.807, 2.05) is 17.4 Å². The standard InChI is InChI=1S/C17H16N2OS/c1-20-13-5-2-4-12(10-13)17-15-6-3-8-19(15)14-7-9-21-16(14)11-18-17/h2-10,17-18H,11H2,1H3/p+1.